The summed E-state index contributed by atoms with van der Waals surface area (Å²) in [5, 5.41) is 4.54. The molecule has 0 saturated heterocycles. The number of benzene rings is 2. The van der Waals surface area contributed by atoms with E-state index in [1.807, 2.05) is 30.3 Å². The highest BCUT2D eigenvalue weighted by Gasteiger charge is 2.11. The molecular weight excluding hydrogens is 422 g/mol. The van der Waals surface area contributed by atoms with Gasteiger partial charge in [-0.1, -0.05) is 35.5 Å². The van der Waals surface area contributed by atoms with Crippen molar-refractivity contribution in [3.8, 4) is 11.3 Å². The minimum absolute atomic E-state index is 0.131. The van der Waals surface area contributed by atoms with Crippen molar-refractivity contribution in [1.82, 2.24) is 14.9 Å². The van der Waals surface area contributed by atoms with Crippen LogP contribution < -0.4 is 10.9 Å². The molecule has 6 nitrogen and oxygen atoms in total. The van der Waals surface area contributed by atoms with Gasteiger partial charge in [0.25, 0.3) is 5.56 Å². The van der Waals surface area contributed by atoms with Gasteiger partial charge in [-0.05, 0) is 48.5 Å². The van der Waals surface area contributed by atoms with Crippen LogP contribution >= 0.6 is 23.4 Å². The van der Waals surface area contributed by atoms with Crippen LogP contribution in [0.15, 0.2) is 75.0 Å². The minimum Gasteiger partial charge on any atom is -0.459 e. The Balaban J connectivity index is 1.36. The first-order valence-electron chi connectivity index (χ1n) is 9.21. The second-order valence-corrected chi connectivity index (χ2v) is 7.99. The summed E-state index contributed by atoms with van der Waals surface area (Å²) in [5.41, 5.74) is 1.40. The number of carbonyl (C=O) groups is 1. The maximum atomic E-state index is 12.4. The summed E-state index contributed by atoms with van der Waals surface area (Å²) in [6.45, 7) is 0.275. The van der Waals surface area contributed by atoms with Crippen molar-refractivity contribution < 1.29 is 9.21 Å². The third-order valence-corrected chi connectivity index (χ3v) is 5.81. The number of nitrogens with one attached hydrogen (secondary N) is 1. The highest BCUT2D eigenvalue weighted by Crippen LogP contribution is 2.24. The number of nitrogens with zero attached hydrogens (tertiary/aromatic N) is 2. The Kier molecular flexibility index (Phi) is 5.92. The predicted molar refractivity (Wildman–Crippen MR) is 119 cm³/mol. The molecular formula is C22H18ClN3O3S. The maximum Gasteiger partial charge on any atom is 0.261 e. The van der Waals surface area contributed by atoms with Crippen molar-refractivity contribution >= 4 is 40.2 Å². The second kappa shape index (κ2) is 8.77. The Morgan fingerprint density at radius 1 is 1.13 bits per heavy atom. The standard InChI is InChI=1S/C22H18ClN3O3S/c1-26-21(28)17-4-2-3-5-18(17)25-22(26)30-13-20(27)24-12-16-10-11-19(29-16)14-6-8-15(23)9-7-14/h2-11H,12-13H2,1H3,(H,24,27). The van der Waals surface area contributed by atoms with E-state index in [1.54, 1.807) is 37.4 Å². The van der Waals surface area contributed by atoms with Crippen molar-refractivity contribution in [1.29, 1.82) is 0 Å². The molecule has 0 spiro atoms. The van der Waals surface area contributed by atoms with E-state index in [1.165, 1.54) is 16.3 Å². The number of halogens is 1. The van der Waals surface area contributed by atoms with Crippen LogP contribution in [-0.4, -0.2) is 21.2 Å². The first-order valence-corrected chi connectivity index (χ1v) is 10.6. The molecule has 0 aliphatic rings. The molecule has 4 aromatic rings. The van der Waals surface area contributed by atoms with Gasteiger partial charge in [0, 0.05) is 17.6 Å². The predicted octanol–water partition coefficient (Wildman–Crippen LogP) is 4.26. The topological polar surface area (TPSA) is 77.1 Å². The molecule has 2 aromatic carbocycles. The summed E-state index contributed by atoms with van der Waals surface area (Å²) in [4.78, 5) is 29.2. The third kappa shape index (κ3) is 4.42. The van der Waals surface area contributed by atoms with Gasteiger partial charge in [-0.15, -0.1) is 0 Å². The molecule has 0 atom stereocenters. The summed E-state index contributed by atoms with van der Waals surface area (Å²) >= 11 is 7.13. The molecule has 0 radical (unpaired) electrons. The average Bonchev–Trinajstić information content (AvgIpc) is 3.23. The van der Waals surface area contributed by atoms with Crippen LogP contribution in [0.25, 0.3) is 22.2 Å². The number of carbonyl (C=O) groups excluding carboxylic acids is 1. The third-order valence-electron chi connectivity index (χ3n) is 4.52. The average molecular weight is 440 g/mol. The molecule has 2 aromatic heterocycles. The molecule has 1 N–H and O–H groups in total. The van der Waals surface area contributed by atoms with Crippen molar-refractivity contribution in [2.45, 2.75) is 11.7 Å². The molecule has 152 valence electrons. The fourth-order valence-electron chi connectivity index (χ4n) is 2.94. The molecule has 30 heavy (non-hydrogen) atoms. The van der Waals surface area contributed by atoms with Crippen molar-refractivity contribution in [3.05, 3.63) is 81.8 Å². The first-order chi connectivity index (χ1) is 14.5. The number of furan rings is 1. The van der Waals surface area contributed by atoms with Gasteiger partial charge in [-0.3, -0.25) is 14.2 Å². The van der Waals surface area contributed by atoms with Crippen LogP contribution in [-0.2, 0) is 18.4 Å². The highest BCUT2D eigenvalue weighted by molar-refractivity contribution is 7.99. The number of fused-ring (bicyclic) bond motifs is 1. The lowest BCUT2D eigenvalue weighted by atomic mass is 10.2. The lowest BCUT2D eigenvalue weighted by Crippen LogP contribution is -2.25. The largest absolute Gasteiger partial charge is 0.459 e. The van der Waals surface area contributed by atoms with E-state index >= 15 is 0 Å². The fraction of sp³-hybridized carbons (Fsp3) is 0.136. The number of para-hydroxylation sites is 1. The van der Waals surface area contributed by atoms with E-state index in [9.17, 15) is 9.59 Å². The van der Waals surface area contributed by atoms with E-state index in [0.717, 1.165) is 5.56 Å². The van der Waals surface area contributed by atoms with Gasteiger partial charge >= 0.3 is 0 Å². The van der Waals surface area contributed by atoms with Gasteiger partial charge in [-0.2, -0.15) is 0 Å². The Hall–Kier alpha value is -3.03. The number of thioether (sulfide) groups is 1. The molecule has 1 amide bonds. The molecule has 0 bridgehead atoms. The number of rotatable bonds is 6. The monoisotopic (exact) mass is 439 g/mol. The van der Waals surface area contributed by atoms with Crippen LogP contribution in [0.4, 0.5) is 0 Å². The summed E-state index contributed by atoms with van der Waals surface area (Å²) in [6.07, 6.45) is 0. The van der Waals surface area contributed by atoms with Crippen molar-refractivity contribution in [2.24, 2.45) is 7.05 Å². The SMILES string of the molecule is Cn1c(SCC(=O)NCc2ccc(-c3ccc(Cl)cc3)o2)nc2ccccc2c1=O. The summed E-state index contributed by atoms with van der Waals surface area (Å²) in [6, 6.07) is 18.2. The van der Waals surface area contributed by atoms with E-state index < -0.39 is 0 Å². The van der Waals surface area contributed by atoms with Gasteiger partial charge in [0.05, 0.1) is 23.2 Å². The van der Waals surface area contributed by atoms with Crippen LogP contribution in [0.1, 0.15) is 5.76 Å². The van der Waals surface area contributed by atoms with Gasteiger partial charge in [0.15, 0.2) is 5.16 Å². The molecule has 0 fully saturated rings. The Morgan fingerprint density at radius 3 is 2.70 bits per heavy atom. The summed E-state index contributed by atoms with van der Waals surface area (Å²) < 4.78 is 7.25. The van der Waals surface area contributed by atoms with Crippen LogP contribution in [0, 0.1) is 0 Å². The molecule has 0 saturated carbocycles. The van der Waals surface area contributed by atoms with Crippen LogP contribution in [0.3, 0.4) is 0 Å². The lowest BCUT2D eigenvalue weighted by molar-refractivity contribution is -0.118. The zero-order valence-electron chi connectivity index (χ0n) is 16.1. The highest BCUT2D eigenvalue weighted by atomic mass is 35.5. The smallest absolute Gasteiger partial charge is 0.261 e. The van der Waals surface area contributed by atoms with Gasteiger partial charge in [-0.25, -0.2) is 4.98 Å². The zero-order valence-corrected chi connectivity index (χ0v) is 17.7. The molecule has 4 rings (SSSR count). The molecule has 0 aliphatic carbocycles. The number of aromatic nitrogens is 2. The zero-order chi connectivity index (χ0) is 21.1. The second-order valence-electron chi connectivity index (χ2n) is 6.61. The lowest BCUT2D eigenvalue weighted by Gasteiger charge is -2.08. The summed E-state index contributed by atoms with van der Waals surface area (Å²) in [7, 11) is 1.66. The van der Waals surface area contributed by atoms with E-state index in [0.29, 0.717) is 32.6 Å². The van der Waals surface area contributed by atoms with Gasteiger partial charge < -0.3 is 9.73 Å². The Morgan fingerprint density at radius 2 is 1.90 bits per heavy atom. The number of amides is 1. The molecule has 0 unspecified atom stereocenters. The quantitative estimate of drug-likeness (QED) is 0.359. The molecule has 0 aliphatic heterocycles. The van der Waals surface area contributed by atoms with Crippen LogP contribution in [0.5, 0.6) is 0 Å². The van der Waals surface area contributed by atoms with E-state index in [4.69, 9.17) is 16.0 Å². The molecule has 8 heteroatoms. The van der Waals surface area contributed by atoms with E-state index in [2.05, 4.69) is 10.3 Å². The fourth-order valence-corrected chi connectivity index (χ4v) is 3.86. The maximum absolute atomic E-state index is 12.4. The number of hydrogen-bond acceptors (Lipinski definition) is 5. The first kappa shape index (κ1) is 20.3. The van der Waals surface area contributed by atoms with Crippen LogP contribution in [0.2, 0.25) is 5.02 Å². The van der Waals surface area contributed by atoms with Gasteiger partial charge in [0.2, 0.25) is 5.91 Å². The summed E-state index contributed by atoms with van der Waals surface area (Å²) in [5.74, 6) is 1.32. The normalized spacial score (nSPS) is 11.0. The minimum atomic E-state index is -0.174. The van der Waals surface area contributed by atoms with Crippen molar-refractivity contribution in [3.63, 3.8) is 0 Å². The van der Waals surface area contributed by atoms with Crippen molar-refractivity contribution in [2.75, 3.05) is 5.75 Å². The van der Waals surface area contributed by atoms with E-state index in [-0.39, 0.29) is 23.8 Å². The Bertz CT molecular complexity index is 1260. The molecule has 2 heterocycles. The number of hydrogen-bond donors (Lipinski definition) is 1. The Labute approximate surface area is 181 Å². The van der Waals surface area contributed by atoms with Gasteiger partial charge in [0.1, 0.15) is 11.5 Å².